The summed E-state index contributed by atoms with van der Waals surface area (Å²) in [5.41, 5.74) is 0. The van der Waals surface area contributed by atoms with Crippen LogP contribution >= 0.6 is 0 Å². The molecule has 0 saturated heterocycles. The van der Waals surface area contributed by atoms with E-state index in [1.54, 1.807) is 12.1 Å². The number of carbonyl (C=O) groups is 1. The van der Waals surface area contributed by atoms with Gasteiger partial charge < -0.3 is 11.0 Å². The molecule has 0 fully saturated rings. The molecule has 1 aromatic heterocycles. The van der Waals surface area contributed by atoms with Crippen molar-refractivity contribution in [1.82, 2.24) is 0 Å². The van der Waals surface area contributed by atoms with Gasteiger partial charge in [0.05, 0.1) is 6.26 Å². The van der Waals surface area contributed by atoms with Gasteiger partial charge in [0.1, 0.15) is 12.2 Å². The maximum Gasteiger partial charge on any atom is 1.00 e. The first kappa shape index (κ1) is 9.35. The Balaban J connectivity index is 0. The molecular weight excluding hydrogens is 127 g/mol. The predicted molar refractivity (Wildman–Crippen MR) is 31.2 cm³/mol. The number of carboxylic acids is 1. The van der Waals surface area contributed by atoms with Crippen LogP contribution in [-0.4, -0.2) is 11.1 Å². The summed E-state index contributed by atoms with van der Waals surface area (Å²) in [4.78, 5) is 10.0. The number of aliphatic carboxylic acids is 1. The maximum atomic E-state index is 10.0. The van der Waals surface area contributed by atoms with E-state index in [-0.39, 0.29) is 26.7 Å². The van der Waals surface area contributed by atoms with Crippen LogP contribution in [0.2, 0.25) is 0 Å². The topological polar surface area (TPSA) is 50.4 Å². The van der Waals surface area contributed by atoms with Gasteiger partial charge >= 0.3 is 24.8 Å². The molecule has 0 unspecified atom stereocenters. The van der Waals surface area contributed by atoms with Crippen molar-refractivity contribution in [3.63, 3.8) is 0 Å². The molecule has 0 aromatic carbocycles. The summed E-state index contributed by atoms with van der Waals surface area (Å²) >= 11 is 0. The number of carboxylic acid groups (broad SMARTS) is 1. The van der Waals surface area contributed by atoms with Crippen molar-refractivity contribution < 1.29 is 34.6 Å². The molecule has 0 saturated carbocycles. The van der Waals surface area contributed by atoms with E-state index >= 15 is 0 Å². The zero-order chi connectivity index (χ0) is 6.69. The van der Waals surface area contributed by atoms with Gasteiger partial charge in [-0.1, -0.05) is 0 Å². The first-order valence-electron chi connectivity index (χ1n) is 2.53. The van der Waals surface area contributed by atoms with E-state index < -0.39 is 5.97 Å². The third kappa shape index (κ3) is 2.76. The molecule has 1 N–H and O–H groups in total. The molecule has 4 heteroatoms. The second-order valence-electron chi connectivity index (χ2n) is 1.65. The maximum absolute atomic E-state index is 10.0. The van der Waals surface area contributed by atoms with Crippen molar-refractivity contribution in [3.05, 3.63) is 24.2 Å². The Bertz CT molecular complexity index is 198. The molecule has 0 aliphatic carbocycles. The number of rotatable bonds is 2. The largest absolute Gasteiger partial charge is 1.00 e. The molecule has 1 rings (SSSR count). The molecular formula is C6H7LiO3. The van der Waals surface area contributed by atoms with E-state index in [9.17, 15) is 4.79 Å². The van der Waals surface area contributed by atoms with Gasteiger partial charge in [-0.2, -0.15) is 0 Å². The second-order valence-corrected chi connectivity index (χ2v) is 1.65. The molecule has 10 heavy (non-hydrogen) atoms. The second kappa shape index (κ2) is 4.21. The Morgan fingerprint density at radius 3 is 2.90 bits per heavy atom. The van der Waals surface area contributed by atoms with Gasteiger partial charge in [-0.15, -0.1) is 0 Å². The predicted octanol–water partition coefficient (Wildman–Crippen LogP) is -1.98. The molecule has 3 nitrogen and oxygen atoms in total. The minimum absolute atomic E-state index is 0. The zero-order valence-corrected chi connectivity index (χ0v) is 5.70. The fraction of sp³-hybridized carbons (Fsp3) is 0.167. The summed E-state index contributed by atoms with van der Waals surface area (Å²) in [6, 6.07) is 3.30. The van der Waals surface area contributed by atoms with Gasteiger partial charge in [0.25, 0.3) is 0 Å². The number of hydrogen-bond acceptors (Lipinski definition) is 2. The molecule has 0 aliphatic heterocycles. The Morgan fingerprint density at radius 1 is 1.80 bits per heavy atom. The zero-order valence-electron chi connectivity index (χ0n) is 6.70. The van der Waals surface area contributed by atoms with Crippen LogP contribution in [0.25, 0.3) is 0 Å². The Morgan fingerprint density at radius 2 is 2.50 bits per heavy atom. The SMILES string of the molecule is O=C(O)Cc1ccco1.[H-].[Li+]. The van der Waals surface area contributed by atoms with E-state index in [2.05, 4.69) is 0 Å². The normalized spacial score (nSPS) is 8.40. The summed E-state index contributed by atoms with van der Waals surface area (Å²) < 4.78 is 4.76. The van der Waals surface area contributed by atoms with E-state index in [0.29, 0.717) is 5.76 Å². The number of furan rings is 1. The van der Waals surface area contributed by atoms with Crippen LogP contribution in [0.4, 0.5) is 0 Å². The van der Waals surface area contributed by atoms with Crippen LogP contribution in [0.1, 0.15) is 7.19 Å². The molecule has 0 atom stereocenters. The summed E-state index contributed by atoms with van der Waals surface area (Å²) in [5.74, 6) is -0.382. The first-order chi connectivity index (χ1) is 4.29. The van der Waals surface area contributed by atoms with E-state index in [0.717, 1.165) is 0 Å². The van der Waals surface area contributed by atoms with Crippen LogP contribution in [0.15, 0.2) is 22.8 Å². The van der Waals surface area contributed by atoms with Crippen molar-refractivity contribution >= 4 is 5.97 Å². The number of hydrogen-bond donors (Lipinski definition) is 1. The summed E-state index contributed by atoms with van der Waals surface area (Å²) in [6.07, 6.45) is 1.42. The molecule has 1 aromatic rings. The quantitative estimate of drug-likeness (QED) is 0.477. The summed E-state index contributed by atoms with van der Waals surface area (Å²) in [6.45, 7) is 0. The van der Waals surface area contributed by atoms with Crippen molar-refractivity contribution in [1.29, 1.82) is 0 Å². The van der Waals surface area contributed by atoms with Gasteiger partial charge in [0, 0.05) is 0 Å². The molecule has 0 radical (unpaired) electrons. The van der Waals surface area contributed by atoms with Crippen molar-refractivity contribution in [3.8, 4) is 0 Å². The fourth-order valence-electron chi connectivity index (χ4n) is 0.562. The summed E-state index contributed by atoms with van der Waals surface area (Å²) in [5, 5.41) is 8.23. The Labute approximate surface area is 71.7 Å². The van der Waals surface area contributed by atoms with E-state index in [1.165, 1.54) is 6.26 Å². The van der Waals surface area contributed by atoms with Gasteiger partial charge in [0.2, 0.25) is 0 Å². The van der Waals surface area contributed by atoms with Gasteiger partial charge in [-0.25, -0.2) is 0 Å². The molecule has 0 amide bonds. The van der Waals surface area contributed by atoms with Gasteiger partial charge in [-0.3, -0.25) is 4.79 Å². The summed E-state index contributed by atoms with van der Waals surface area (Å²) in [7, 11) is 0. The first-order valence-corrected chi connectivity index (χ1v) is 2.53. The minimum atomic E-state index is -0.870. The van der Waals surface area contributed by atoms with Crippen molar-refractivity contribution in [2.45, 2.75) is 6.42 Å². The van der Waals surface area contributed by atoms with Crippen LogP contribution in [0.3, 0.4) is 0 Å². The minimum Gasteiger partial charge on any atom is -1.00 e. The van der Waals surface area contributed by atoms with Crippen molar-refractivity contribution in [2.75, 3.05) is 0 Å². The standard InChI is InChI=1S/C6H6O3.Li.H/c7-6(8)4-5-2-1-3-9-5;;/h1-3H,4H2,(H,7,8);;/q;+1;-1. The van der Waals surface area contributed by atoms with Crippen LogP contribution in [-0.2, 0) is 11.2 Å². The third-order valence-corrected chi connectivity index (χ3v) is 0.906. The molecule has 50 valence electrons. The third-order valence-electron chi connectivity index (χ3n) is 0.906. The van der Waals surface area contributed by atoms with Gasteiger partial charge in [0.15, 0.2) is 0 Å². The Hall–Kier alpha value is -0.653. The van der Waals surface area contributed by atoms with Crippen LogP contribution in [0, 0.1) is 0 Å². The molecule has 0 spiro atoms. The van der Waals surface area contributed by atoms with Gasteiger partial charge in [-0.05, 0) is 12.1 Å². The van der Waals surface area contributed by atoms with E-state index in [1.807, 2.05) is 0 Å². The average Bonchev–Trinajstić information content (AvgIpc) is 2.15. The van der Waals surface area contributed by atoms with Crippen LogP contribution in [0.5, 0.6) is 0 Å². The van der Waals surface area contributed by atoms with Crippen molar-refractivity contribution in [2.24, 2.45) is 0 Å². The smallest absolute Gasteiger partial charge is 1.00 e. The fourth-order valence-corrected chi connectivity index (χ4v) is 0.562. The Kier molecular flexibility index (Phi) is 3.93. The monoisotopic (exact) mass is 134 g/mol. The molecule has 1 heterocycles. The van der Waals surface area contributed by atoms with Crippen LogP contribution < -0.4 is 18.9 Å². The molecule has 0 aliphatic rings. The molecule has 0 bridgehead atoms. The van der Waals surface area contributed by atoms with E-state index in [4.69, 9.17) is 9.52 Å². The average molecular weight is 134 g/mol.